The van der Waals surface area contributed by atoms with E-state index in [4.69, 9.17) is 4.74 Å². The quantitative estimate of drug-likeness (QED) is 0.834. The molecule has 2 aliphatic rings. The molecule has 0 aromatic carbocycles. The summed E-state index contributed by atoms with van der Waals surface area (Å²) < 4.78 is 32.2. The molecule has 2 heterocycles. The minimum Gasteiger partial charge on any atom is -0.463 e. The van der Waals surface area contributed by atoms with E-state index in [1.54, 1.807) is 12.4 Å². The maximum atomic E-state index is 13.3. The van der Waals surface area contributed by atoms with Gasteiger partial charge in [-0.05, 0) is 38.2 Å². The number of likely N-dealkylation sites (tertiary alicyclic amines) is 1. The van der Waals surface area contributed by atoms with Crippen molar-refractivity contribution in [2.24, 2.45) is 11.8 Å². The van der Waals surface area contributed by atoms with Crippen molar-refractivity contribution < 1.29 is 18.3 Å². The summed E-state index contributed by atoms with van der Waals surface area (Å²) in [5.74, 6) is -2.58. The molecule has 3 rings (SSSR count). The van der Waals surface area contributed by atoms with Crippen molar-refractivity contribution in [2.45, 2.75) is 51.4 Å². The van der Waals surface area contributed by atoms with Crippen molar-refractivity contribution in [1.29, 1.82) is 0 Å². The number of rotatable bonds is 4. The van der Waals surface area contributed by atoms with Crippen molar-refractivity contribution in [3.63, 3.8) is 0 Å². The fourth-order valence-corrected chi connectivity index (χ4v) is 3.59. The number of nitrogens with zero attached hydrogens (tertiary/aromatic N) is 3. The maximum Gasteiger partial charge on any atom is 0.316 e. The Balaban J connectivity index is 1.49. The van der Waals surface area contributed by atoms with E-state index in [0.717, 1.165) is 18.4 Å². The number of amides is 1. The first kappa shape index (κ1) is 18.0. The lowest BCUT2D eigenvalue weighted by molar-refractivity contribution is -0.141. The Morgan fingerprint density at radius 3 is 2.64 bits per heavy atom. The molecule has 7 heteroatoms. The molecular weight excluding hydrogens is 328 g/mol. The normalized spacial score (nSPS) is 24.1. The topological polar surface area (TPSA) is 55.3 Å². The van der Waals surface area contributed by atoms with Crippen LogP contribution >= 0.6 is 0 Å². The fraction of sp³-hybridized carbons (Fsp3) is 0.722. The fourth-order valence-electron chi connectivity index (χ4n) is 3.59. The highest BCUT2D eigenvalue weighted by atomic mass is 19.3. The molecule has 5 nitrogen and oxygen atoms in total. The molecule has 1 atom stereocenters. The number of aryl methyl sites for hydroxylation is 1. The van der Waals surface area contributed by atoms with Crippen molar-refractivity contribution in [2.75, 3.05) is 19.7 Å². The van der Waals surface area contributed by atoms with E-state index >= 15 is 0 Å². The van der Waals surface area contributed by atoms with Crippen LogP contribution in [0.15, 0.2) is 12.4 Å². The minimum absolute atomic E-state index is 0.0341. The molecule has 1 amide bonds. The predicted molar refractivity (Wildman–Crippen MR) is 88.5 cm³/mol. The van der Waals surface area contributed by atoms with Crippen LogP contribution in [0.1, 0.15) is 44.1 Å². The maximum absolute atomic E-state index is 13.3. The zero-order valence-electron chi connectivity index (χ0n) is 14.6. The van der Waals surface area contributed by atoms with Gasteiger partial charge in [0.25, 0.3) is 0 Å². The molecule has 1 saturated heterocycles. The molecule has 1 aromatic rings. The summed E-state index contributed by atoms with van der Waals surface area (Å²) >= 11 is 0. The Morgan fingerprint density at radius 2 is 1.96 bits per heavy atom. The van der Waals surface area contributed by atoms with Crippen LogP contribution in [0.5, 0.6) is 6.01 Å². The Morgan fingerprint density at radius 1 is 1.28 bits per heavy atom. The van der Waals surface area contributed by atoms with Crippen molar-refractivity contribution in [3.8, 4) is 6.01 Å². The van der Waals surface area contributed by atoms with E-state index in [1.165, 1.54) is 0 Å². The van der Waals surface area contributed by atoms with Gasteiger partial charge in [-0.25, -0.2) is 18.7 Å². The molecule has 1 aliphatic heterocycles. The number of aromatic nitrogens is 2. The Hall–Kier alpha value is -1.79. The monoisotopic (exact) mass is 353 g/mol. The standard InChI is InChI=1S/C18H25F2N3O2/c1-13-9-21-17(22-10-13)25-12-14-3-2-8-23(11-14)16(24)15-4-6-18(19,20)7-5-15/h9-10,14-15H,2-8,11-12H2,1H3. The summed E-state index contributed by atoms with van der Waals surface area (Å²) in [6.07, 6.45) is 5.55. The number of piperidine rings is 1. The third kappa shape index (κ3) is 4.86. The van der Waals surface area contributed by atoms with Crippen LogP contribution in [0, 0.1) is 18.8 Å². The van der Waals surface area contributed by atoms with Gasteiger partial charge in [-0.15, -0.1) is 0 Å². The van der Waals surface area contributed by atoms with Crippen LogP contribution in [0.2, 0.25) is 0 Å². The van der Waals surface area contributed by atoms with Gasteiger partial charge in [0.2, 0.25) is 11.8 Å². The molecule has 0 N–H and O–H groups in total. The molecule has 1 saturated carbocycles. The number of carbonyl (C=O) groups excluding carboxylic acids is 1. The van der Waals surface area contributed by atoms with Crippen LogP contribution in [0.25, 0.3) is 0 Å². The highest BCUT2D eigenvalue weighted by Crippen LogP contribution is 2.37. The molecule has 0 bridgehead atoms. The molecule has 25 heavy (non-hydrogen) atoms. The second kappa shape index (κ2) is 7.62. The molecule has 0 radical (unpaired) electrons. The van der Waals surface area contributed by atoms with E-state index in [2.05, 4.69) is 9.97 Å². The third-order valence-corrected chi connectivity index (χ3v) is 5.10. The number of hydrogen-bond acceptors (Lipinski definition) is 4. The van der Waals surface area contributed by atoms with Gasteiger partial charge in [0.1, 0.15) is 0 Å². The summed E-state index contributed by atoms with van der Waals surface area (Å²) in [6.45, 7) is 3.71. The highest BCUT2D eigenvalue weighted by Gasteiger charge is 2.39. The average molecular weight is 353 g/mol. The van der Waals surface area contributed by atoms with Crippen molar-refractivity contribution in [1.82, 2.24) is 14.9 Å². The Kier molecular flexibility index (Phi) is 5.49. The molecule has 1 unspecified atom stereocenters. The van der Waals surface area contributed by atoms with Crippen LogP contribution in [0.4, 0.5) is 8.78 Å². The van der Waals surface area contributed by atoms with Gasteiger partial charge in [0.15, 0.2) is 0 Å². The lowest BCUT2D eigenvalue weighted by Crippen LogP contribution is -2.45. The number of alkyl halides is 2. The van der Waals surface area contributed by atoms with Crippen molar-refractivity contribution >= 4 is 5.91 Å². The van der Waals surface area contributed by atoms with E-state index in [1.807, 2.05) is 11.8 Å². The minimum atomic E-state index is -2.59. The highest BCUT2D eigenvalue weighted by molar-refractivity contribution is 5.79. The van der Waals surface area contributed by atoms with Crippen LogP contribution < -0.4 is 4.74 Å². The van der Waals surface area contributed by atoms with Crippen LogP contribution in [0.3, 0.4) is 0 Å². The lowest BCUT2D eigenvalue weighted by atomic mass is 9.85. The smallest absolute Gasteiger partial charge is 0.316 e. The first-order valence-corrected chi connectivity index (χ1v) is 9.01. The van der Waals surface area contributed by atoms with Gasteiger partial charge in [-0.1, -0.05) is 0 Å². The lowest BCUT2D eigenvalue weighted by Gasteiger charge is -2.36. The number of hydrogen-bond donors (Lipinski definition) is 0. The van der Waals surface area contributed by atoms with Gasteiger partial charge in [-0.2, -0.15) is 0 Å². The Bertz CT molecular complexity index is 584. The first-order valence-electron chi connectivity index (χ1n) is 9.01. The average Bonchev–Trinajstić information content (AvgIpc) is 2.61. The van der Waals surface area contributed by atoms with Gasteiger partial charge in [-0.3, -0.25) is 4.79 Å². The second-order valence-corrected chi connectivity index (χ2v) is 7.28. The number of halogens is 2. The SMILES string of the molecule is Cc1cnc(OCC2CCCN(C(=O)C3CCC(F)(F)CC3)C2)nc1. The van der Waals surface area contributed by atoms with Gasteiger partial charge >= 0.3 is 6.01 Å². The molecule has 0 spiro atoms. The molecule has 1 aromatic heterocycles. The summed E-state index contributed by atoms with van der Waals surface area (Å²) in [6, 6.07) is 0.351. The molecule has 1 aliphatic carbocycles. The first-order chi connectivity index (χ1) is 11.9. The van der Waals surface area contributed by atoms with E-state index in [9.17, 15) is 13.6 Å². The largest absolute Gasteiger partial charge is 0.463 e. The zero-order valence-corrected chi connectivity index (χ0v) is 14.6. The van der Waals surface area contributed by atoms with Crippen molar-refractivity contribution in [3.05, 3.63) is 18.0 Å². The zero-order chi connectivity index (χ0) is 17.9. The predicted octanol–water partition coefficient (Wildman–Crippen LogP) is 3.23. The second-order valence-electron chi connectivity index (χ2n) is 7.28. The summed E-state index contributed by atoms with van der Waals surface area (Å²) in [4.78, 5) is 22.7. The van der Waals surface area contributed by atoms with Gasteiger partial charge in [0, 0.05) is 50.2 Å². The molecule has 2 fully saturated rings. The summed E-state index contributed by atoms with van der Waals surface area (Å²) in [5, 5.41) is 0. The molecule has 138 valence electrons. The van der Waals surface area contributed by atoms with E-state index in [-0.39, 0.29) is 30.6 Å². The van der Waals surface area contributed by atoms with E-state index in [0.29, 0.717) is 38.5 Å². The third-order valence-electron chi connectivity index (χ3n) is 5.10. The van der Waals surface area contributed by atoms with E-state index < -0.39 is 5.92 Å². The van der Waals surface area contributed by atoms with Gasteiger partial charge < -0.3 is 9.64 Å². The summed E-state index contributed by atoms with van der Waals surface area (Å²) in [7, 11) is 0. The Labute approximate surface area is 146 Å². The van der Waals surface area contributed by atoms with Crippen LogP contribution in [-0.4, -0.2) is 46.4 Å². The summed E-state index contributed by atoms with van der Waals surface area (Å²) in [5.41, 5.74) is 0.972. The molecular formula is C18H25F2N3O2. The van der Waals surface area contributed by atoms with Crippen LogP contribution in [-0.2, 0) is 4.79 Å². The van der Waals surface area contributed by atoms with Gasteiger partial charge in [0.05, 0.1) is 6.61 Å². The number of carbonyl (C=O) groups is 1. The number of ether oxygens (including phenoxy) is 1.